The fourth-order valence-corrected chi connectivity index (χ4v) is 3.59. The molecule has 0 spiro atoms. The number of nitrogens with zero attached hydrogens (tertiary/aromatic N) is 4. The molecule has 0 aliphatic heterocycles. The minimum absolute atomic E-state index is 0.489. The number of hydrogen-bond acceptors (Lipinski definition) is 5. The molecule has 7 nitrogen and oxygen atoms in total. The first-order valence-electron chi connectivity index (χ1n) is 10.2. The zero-order valence-corrected chi connectivity index (χ0v) is 18.7. The Morgan fingerprint density at radius 1 is 1.13 bits per heavy atom. The lowest BCUT2D eigenvalue weighted by Gasteiger charge is -2.12. The van der Waals surface area contributed by atoms with Crippen molar-refractivity contribution in [1.82, 2.24) is 25.4 Å². The van der Waals surface area contributed by atoms with Gasteiger partial charge in [0.2, 0.25) is 0 Å². The molecule has 0 saturated heterocycles. The maximum Gasteiger partial charge on any atom is 0.192 e. The lowest BCUT2D eigenvalue weighted by atomic mass is 10.1. The van der Waals surface area contributed by atoms with E-state index in [1.54, 1.807) is 18.4 Å². The van der Waals surface area contributed by atoms with Gasteiger partial charge in [0, 0.05) is 18.5 Å². The van der Waals surface area contributed by atoms with E-state index in [1.807, 2.05) is 30.7 Å². The van der Waals surface area contributed by atoms with Crippen molar-refractivity contribution in [3.8, 4) is 5.75 Å². The number of aromatic nitrogens is 3. The van der Waals surface area contributed by atoms with Gasteiger partial charge in [-0.15, -0.1) is 21.5 Å². The molecule has 3 rings (SSSR count). The van der Waals surface area contributed by atoms with Crippen LogP contribution in [0.2, 0.25) is 0 Å². The van der Waals surface area contributed by atoms with Crippen LogP contribution in [-0.4, -0.2) is 34.4 Å². The van der Waals surface area contributed by atoms with E-state index < -0.39 is 0 Å². The predicted molar refractivity (Wildman–Crippen MR) is 122 cm³/mol. The summed E-state index contributed by atoms with van der Waals surface area (Å²) in [6.07, 6.45) is 3.23. The van der Waals surface area contributed by atoms with Crippen LogP contribution in [0.5, 0.6) is 5.75 Å². The molecule has 2 N–H and O–H groups in total. The minimum Gasteiger partial charge on any atom is -0.497 e. The molecule has 160 valence electrons. The van der Waals surface area contributed by atoms with Gasteiger partial charge in [0.05, 0.1) is 13.7 Å². The molecule has 1 aromatic carbocycles. The molecule has 2 aromatic heterocycles. The van der Waals surface area contributed by atoms with Gasteiger partial charge in [-0.05, 0) is 55.3 Å². The van der Waals surface area contributed by atoms with Crippen molar-refractivity contribution in [2.24, 2.45) is 12.0 Å². The Morgan fingerprint density at radius 3 is 2.63 bits per heavy atom. The molecule has 0 aliphatic carbocycles. The fourth-order valence-electron chi connectivity index (χ4n) is 2.95. The summed E-state index contributed by atoms with van der Waals surface area (Å²) in [5.74, 6) is 3.44. The van der Waals surface area contributed by atoms with Gasteiger partial charge in [-0.2, -0.15) is 0 Å². The number of nitrogens with one attached hydrogen (secondary N) is 2. The van der Waals surface area contributed by atoms with Gasteiger partial charge < -0.3 is 19.9 Å². The Kier molecular flexibility index (Phi) is 8.26. The smallest absolute Gasteiger partial charge is 0.192 e. The summed E-state index contributed by atoms with van der Waals surface area (Å²) in [6.45, 7) is 4.05. The third-order valence-corrected chi connectivity index (χ3v) is 5.79. The van der Waals surface area contributed by atoms with Gasteiger partial charge in [-0.1, -0.05) is 18.2 Å². The van der Waals surface area contributed by atoms with Crippen LogP contribution in [-0.2, 0) is 26.6 Å². The first-order chi connectivity index (χ1) is 14.7. The van der Waals surface area contributed by atoms with E-state index in [0.29, 0.717) is 6.54 Å². The quantitative estimate of drug-likeness (QED) is 0.295. The number of ether oxygens (including phenoxy) is 1. The molecule has 0 unspecified atom stereocenters. The third-order valence-electron chi connectivity index (χ3n) is 4.92. The highest BCUT2D eigenvalue weighted by molar-refractivity contribution is 7.09. The maximum atomic E-state index is 5.21. The van der Waals surface area contributed by atoms with Crippen molar-refractivity contribution >= 4 is 17.3 Å². The zero-order chi connectivity index (χ0) is 21.2. The normalized spacial score (nSPS) is 11.5. The van der Waals surface area contributed by atoms with Gasteiger partial charge in [0.25, 0.3) is 0 Å². The SMILES string of the molecule is COc1ccc(CCCCNC(=NCc2nnc(C)n2C)NCc2cccs2)cc1. The van der Waals surface area contributed by atoms with E-state index in [9.17, 15) is 0 Å². The Morgan fingerprint density at radius 2 is 1.97 bits per heavy atom. The molecular weight excluding hydrogens is 396 g/mol. The van der Waals surface area contributed by atoms with E-state index in [1.165, 1.54) is 10.4 Å². The van der Waals surface area contributed by atoms with E-state index in [-0.39, 0.29) is 0 Å². The number of unbranched alkanes of at least 4 members (excludes halogenated alkanes) is 1. The first kappa shape index (κ1) is 21.8. The highest BCUT2D eigenvalue weighted by Crippen LogP contribution is 2.13. The lowest BCUT2D eigenvalue weighted by molar-refractivity contribution is 0.414. The van der Waals surface area contributed by atoms with Crippen LogP contribution >= 0.6 is 11.3 Å². The fraction of sp³-hybridized carbons (Fsp3) is 0.409. The molecule has 0 radical (unpaired) electrons. The van der Waals surface area contributed by atoms with Crippen LogP contribution in [0.4, 0.5) is 0 Å². The number of aliphatic imine (C=N–C) groups is 1. The van der Waals surface area contributed by atoms with Crippen molar-refractivity contribution in [2.45, 2.75) is 39.3 Å². The van der Waals surface area contributed by atoms with Crippen molar-refractivity contribution in [1.29, 1.82) is 0 Å². The summed E-state index contributed by atoms with van der Waals surface area (Å²) < 4.78 is 7.18. The summed E-state index contributed by atoms with van der Waals surface area (Å²) in [5.41, 5.74) is 1.33. The number of hydrogen-bond donors (Lipinski definition) is 2. The standard InChI is InChI=1S/C22H30N6OS/c1-17-26-27-21(28(17)2)16-25-22(24-15-20-8-6-14-30-20)23-13-5-4-7-18-9-11-19(29-3)12-10-18/h6,8-12,14H,4-5,7,13,15-16H2,1-3H3,(H2,23,24,25). The minimum atomic E-state index is 0.489. The average molecular weight is 427 g/mol. The summed E-state index contributed by atoms with van der Waals surface area (Å²) in [6, 6.07) is 12.5. The predicted octanol–water partition coefficient (Wildman–Crippen LogP) is 3.45. The van der Waals surface area contributed by atoms with Gasteiger partial charge >= 0.3 is 0 Å². The van der Waals surface area contributed by atoms with Crippen molar-refractivity contribution in [3.05, 3.63) is 63.9 Å². The van der Waals surface area contributed by atoms with Gasteiger partial charge in [0.15, 0.2) is 11.8 Å². The highest BCUT2D eigenvalue weighted by atomic mass is 32.1. The number of guanidine groups is 1. The van der Waals surface area contributed by atoms with Crippen LogP contribution in [0, 0.1) is 6.92 Å². The molecule has 0 bridgehead atoms. The van der Waals surface area contributed by atoms with Crippen molar-refractivity contribution in [3.63, 3.8) is 0 Å². The molecular formula is C22H30N6OS. The van der Waals surface area contributed by atoms with Crippen LogP contribution in [0.25, 0.3) is 0 Å². The van der Waals surface area contributed by atoms with Crippen LogP contribution < -0.4 is 15.4 Å². The molecule has 0 aliphatic rings. The monoisotopic (exact) mass is 426 g/mol. The Hall–Kier alpha value is -2.87. The number of rotatable bonds is 10. The second-order valence-electron chi connectivity index (χ2n) is 7.05. The Labute approximate surface area is 182 Å². The second-order valence-corrected chi connectivity index (χ2v) is 8.08. The second kappa shape index (κ2) is 11.3. The van der Waals surface area contributed by atoms with E-state index >= 15 is 0 Å². The zero-order valence-electron chi connectivity index (χ0n) is 17.9. The topological polar surface area (TPSA) is 76.4 Å². The number of benzene rings is 1. The van der Waals surface area contributed by atoms with E-state index in [0.717, 1.165) is 55.7 Å². The van der Waals surface area contributed by atoms with Gasteiger partial charge in [-0.25, -0.2) is 4.99 Å². The van der Waals surface area contributed by atoms with Gasteiger partial charge in [0.1, 0.15) is 18.1 Å². The molecule has 8 heteroatoms. The molecule has 0 atom stereocenters. The molecule has 3 aromatic rings. The summed E-state index contributed by atoms with van der Waals surface area (Å²) in [4.78, 5) is 5.98. The average Bonchev–Trinajstić information content (AvgIpc) is 3.40. The summed E-state index contributed by atoms with van der Waals surface area (Å²) in [5, 5.41) is 17.3. The van der Waals surface area contributed by atoms with Crippen LogP contribution in [0.15, 0.2) is 46.8 Å². The Balaban J connectivity index is 1.48. The van der Waals surface area contributed by atoms with Crippen LogP contribution in [0.3, 0.4) is 0 Å². The first-order valence-corrected chi connectivity index (χ1v) is 11.1. The van der Waals surface area contributed by atoms with Crippen LogP contribution in [0.1, 0.15) is 34.9 Å². The lowest BCUT2D eigenvalue weighted by Crippen LogP contribution is -2.37. The molecule has 0 fully saturated rings. The largest absolute Gasteiger partial charge is 0.497 e. The summed E-state index contributed by atoms with van der Waals surface area (Å²) in [7, 11) is 3.66. The third kappa shape index (κ3) is 6.59. The Bertz CT molecular complexity index is 918. The number of methoxy groups -OCH3 is 1. The van der Waals surface area contributed by atoms with E-state index in [4.69, 9.17) is 9.73 Å². The highest BCUT2D eigenvalue weighted by Gasteiger charge is 2.06. The molecule has 0 saturated carbocycles. The number of aryl methyl sites for hydroxylation is 2. The van der Waals surface area contributed by atoms with Gasteiger partial charge in [-0.3, -0.25) is 0 Å². The maximum absolute atomic E-state index is 5.21. The van der Waals surface area contributed by atoms with E-state index in [2.05, 4.69) is 50.5 Å². The summed E-state index contributed by atoms with van der Waals surface area (Å²) >= 11 is 1.74. The number of thiophene rings is 1. The van der Waals surface area contributed by atoms with Crippen molar-refractivity contribution in [2.75, 3.05) is 13.7 Å². The molecule has 2 heterocycles. The van der Waals surface area contributed by atoms with Crippen molar-refractivity contribution < 1.29 is 4.74 Å². The molecule has 30 heavy (non-hydrogen) atoms. The molecule has 0 amide bonds.